The summed E-state index contributed by atoms with van der Waals surface area (Å²) in [6.07, 6.45) is 2.32. The number of pyridine rings is 1. The van der Waals surface area contributed by atoms with E-state index in [4.69, 9.17) is 16.9 Å². The molecule has 0 radical (unpaired) electrons. The summed E-state index contributed by atoms with van der Waals surface area (Å²) in [7, 11) is 0. The third-order valence-electron chi connectivity index (χ3n) is 3.10. The van der Waals surface area contributed by atoms with E-state index in [2.05, 4.69) is 29.8 Å². The van der Waals surface area contributed by atoms with E-state index >= 15 is 0 Å². The first-order valence-electron chi connectivity index (χ1n) is 6.78. The second-order valence-corrected chi connectivity index (χ2v) is 5.68. The number of nitriles is 1. The third kappa shape index (κ3) is 3.40. The Kier molecular flexibility index (Phi) is 4.81. The van der Waals surface area contributed by atoms with Crippen molar-refractivity contribution in [2.45, 2.75) is 20.3 Å². The van der Waals surface area contributed by atoms with E-state index in [9.17, 15) is 0 Å². The first kappa shape index (κ1) is 14.6. The smallest absolute Gasteiger partial charge is 0.0737 e. The Balaban J connectivity index is 2.44. The molecule has 20 heavy (non-hydrogen) atoms. The fraction of sp³-hybridized carbons (Fsp3) is 0.375. The van der Waals surface area contributed by atoms with E-state index in [-0.39, 0.29) is 0 Å². The molecule has 0 aliphatic rings. The Morgan fingerprint density at radius 2 is 2.15 bits per heavy atom. The maximum absolute atomic E-state index is 8.84. The summed E-state index contributed by atoms with van der Waals surface area (Å²) in [6, 6.07) is 9.98. The van der Waals surface area contributed by atoms with Gasteiger partial charge in [0, 0.05) is 35.4 Å². The molecular weight excluding hydrogens is 270 g/mol. The van der Waals surface area contributed by atoms with Gasteiger partial charge in [0.1, 0.15) is 0 Å². The Bertz CT molecular complexity index is 631. The minimum Gasteiger partial charge on any atom is -0.370 e. The number of fused-ring (bicyclic) bond motifs is 1. The zero-order chi connectivity index (χ0) is 14.5. The van der Waals surface area contributed by atoms with Crippen molar-refractivity contribution in [3.8, 4) is 6.07 Å². The molecule has 2 rings (SSSR count). The predicted octanol–water partition coefficient (Wildman–Crippen LogP) is 4.26. The highest BCUT2D eigenvalue weighted by atomic mass is 35.5. The van der Waals surface area contributed by atoms with Crippen molar-refractivity contribution in [3.05, 3.63) is 35.5 Å². The molecule has 0 saturated heterocycles. The SMILES string of the molecule is CC(C)CN(CCC#N)c1ccnc2cc(Cl)ccc12. The van der Waals surface area contributed by atoms with Crippen molar-refractivity contribution >= 4 is 28.2 Å². The minimum absolute atomic E-state index is 0.518. The lowest BCUT2D eigenvalue weighted by atomic mass is 10.1. The number of anilines is 1. The van der Waals surface area contributed by atoms with Gasteiger partial charge >= 0.3 is 0 Å². The van der Waals surface area contributed by atoms with Crippen LogP contribution in [0.1, 0.15) is 20.3 Å². The second kappa shape index (κ2) is 6.58. The molecule has 2 aromatic rings. The molecule has 1 aromatic carbocycles. The Labute approximate surface area is 124 Å². The third-order valence-corrected chi connectivity index (χ3v) is 3.34. The molecule has 0 fully saturated rings. The monoisotopic (exact) mass is 287 g/mol. The van der Waals surface area contributed by atoms with Crippen molar-refractivity contribution in [2.75, 3.05) is 18.0 Å². The van der Waals surface area contributed by atoms with Gasteiger partial charge in [-0.25, -0.2) is 0 Å². The van der Waals surface area contributed by atoms with Crippen molar-refractivity contribution in [1.29, 1.82) is 5.26 Å². The summed E-state index contributed by atoms with van der Waals surface area (Å²) in [4.78, 5) is 6.62. The molecule has 0 saturated carbocycles. The number of nitrogens with zero attached hydrogens (tertiary/aromatic N) is 3. The number of benzene rings is 1. The van der Waals surface area contributed by atoms with Gasteiger partial charge in [0.15, 0.2) is 0 Å². The average Bonchev–Trinajstić information content (AvgIpc) is 2.42. The largest absolute Gasteiger partial charge is 0.370 e. The van der Waals surface area contributed by atoms with Crippen LogP contribution >= 0.6 is 11.6 Å². The van der Waals surface area contributed by atoms with Gasteiger partial charge in [-0.1, -0.05) is 25.4 Å². The van der Waals surface area contributed by atoms with E-state index in [0.29, 0.717) is 17.4 Å². The van der Waals surface area contributed by atoms with Crippen LogP contribution in [-0.2, 0) is 0 Å². The molecule has 0 aliphatic carbocycles. The number of halogens is 1. The molecule has 1 aromatic heterocycles. The molecule has 3 nitrogen and oxygen atoms in total. The van der Waals surface area contributed by atoms with Crippen molar-refractivity contribution in [1.82, 2.24) is 4.98 Å². The molecule has 0 unspecified atom stereocenters. The highest BCUT2D eigenvalue weighted by molar-refractivity contribution is 6.31. The van der Waals surface area contributed by atoms with Crippen LogP contribution in [0, 0.1) is 17.2 Å². The summed E-state index contributed by atoms with van der Waals surface area (Å²) >= 11 is 6.02. The maximum Gasteiger partial charge on any atom is 0.0737 e. The van der Waals surface area contributed by atoms with Crippen LogP contribution < -0.4 is 4.90 Å². The highest BCUT2D eigenvalue weighted by Gasteiger charge is 2.12. The Morgan fingerprint density at radius 1 is 1.35 bits per heavy atom. The van der Waals surface area contributed by atoms with Crippen molar-refractivity contribution < 1.29 is 0 Å². The van der Waals surface area contributed by atoms with Crippen molar-refractivity contribution in [3.63, 3.8) is 0 Å². The van der Waals surface area contributed by atoms with Gasteiger partial charge < -0.3 is 4.90 Å². The van der Waals surface area contributed by atoms with Crippen molar-refractivity contribution in [2.24, 2.45) is 5.92 Å². The number of aromatic nitrogens is 1. The molecule has 104 valence electrons. The van der Waals surface area contributed by atoms with Gasteiger partial charge in [0.2, 0.25) is 0 Å². The zero-order valence-electron chi connectivity index (χ0n) is 11.8. The average molecular weight is 288 g/mol. The van der Waals surface area contributed by atoms with Crippen LogP contribution in [0.5, 0.6) is 0 Å². The van der Waals surface area contributed by atoms with Crippen LogP contribution in [0.4, 0.5) is 5.69 Å². The summed E-state index contributed by atoms with van der Waals surface area (Å²) < 4.78 is 0. The Hall–Kier alpha value is -1.79. The lowest BCUT2D eigenvalue weighted by Crippen LogP contribution is -2.28. The molecule has 0 N–H and O–H groups in total. The first-order valence-corrected chi connectivity index (χ1v) is 7.15. The second-order valence-electron chi connectivity index (χ2n) is 5.24. The van der Waals surface area contributed by atoms with Gasteiger partial charge in [-0.2, -0.15) is 5.26 Å². The summed E-state index contributed by atoms with van der Waals surface area (Å²) in [6.45, 7) is 6.01. The fourth-order valence-corrected chi connectivity index (χ4v) is 2.48. The summed E-state index contributed by atoms with van der Waals surface area (Å²) in [5.41, 5.74) is 2.01. The highest BCUT2D eigenvalue weighted by Crippen LogP contribution is 2.28. The van der Waals surface area contributed by atoms with Crippen LogP contribution in [0.2, 0.25) is 5.02 Å². The molecule has 0 aliphatic heterocycles. The van der Waals surface area contributed by atoms with Gasteiger partial charge in [0.25, 0.3) is 0 Å². The summed E-state index contributed by atoms with van der Waals surface area (Å²) in [5, 5.41) is 10.6. The van der Waals surface area contributed by atoms with E-state index in [1.165, 1.54) is 0 Å². The van der Waals surface area contributed by atoms with Crippen LogP contribution in [0.25, 0.3) is 10.9 Å². The quantitative estimate of drug-likeness (QED) is 0.825. The van der Waals surface area contributed by atoms with Gasteiger partial charge in [0.05, 0.1) is 18.0 Å². The van der Waals surface area contributed by atoms with Crippen LogP contribution in [0.3, 0.4) is 0 Å². The lowest BCUT2D eigenvalue weighted by molar-refractivity contribution is 0.613. The number of hydrogen-bond donors (Lipinski definition) is 0. The minimum atomic E-state index is 0.518. The first-order chi connectivity index (χ1) is 9.61. The normalized spacial score (nSPS) is 10.8. The fourth-order valence-electron chi connectivity index (χ4n) is 2.32. The molecule has 0 spiro atoms. The number of rotatable bonds is 5. The van der Waals surface area contributed by atoms with E-state index < -0.39 is 0 Å². The molecule has 0 amide bonds. The van der Waals surface area contributed by atoms with E-state index in [1.54, 1.807) is 6.20 Å². The van der Waals surface area contributed by atoms with Gasteiger partial charge in [-0.3, -0.25) is 4.98 Å². The van der Waals surface area contributed by atoms with E-state index in [1.807, 2.05) is 24.3 Å². The molecule has 0 atom stereocenters. The summed E-state index contributed by atoms with van der Waals surface area (Å²) in [5.74, 6) is 0.532. The van der Waals surface area contributed by atoms with Gasteiger partial charge in [-0.15, -0.1) is 0 Å². The van der Waals surface area contributed by atoms with Crippen LogP contribution in [0.15, 0.2) is 30.5 Å². The topological polar surface area (TPSA) is 39.9 Å². The molecule has 0 bridgehead atoms. The predicted molar refractivity (Wildman–Crippen MR) is 84.0 cm³/mol. The molecular formula is C16H18ClN3. The molecule has 1 heterocycles. The van der Waals surface area contributed by atoms with Crippen LogP contribution in [-0.4, -0.2) is 18.1 Å². The lowest BCUT2D eigenvalue weighted by Gasteiger charge is -2.27. The maximum atomic E-state index is 8.84. The van der Waals surface area contributed by atoms with Gasteiger partial charge in [-0.05, 0) is 30.2 Å². The number of hydrogen-bond acceptors (Lipinski definition) is 3. The Morgan fingerprint density at radius 3 is 2.85 bits per heavy atom. The standard InChI is InChI=1S/C16H18ClN3/c1-12(2)11-20(9-3-7-18)16-6-8-19-15-10-13(17)4-5-14(15)16/h4-6,8,10,12H,3,9,11H2,1-2H3. The zero-order valence-corrected chi connectivity index (χ0v) is 12.6. The molecule has 4 heteroatoms. The van der Waals surface area contributed by atoms with E-state index in [0.717, 1.165) is 29.7 Å².